The number of hydrogen-bond donors (Lipinski definition) is 0. The molecule has 1 aliphatic heterocycles. The van der Waals surface area contributed by atoms with Crippen LogP contribution >= 0.6 is 0 Å². The predicted molar refractivity (Wildman–Crippen MR) is 71.6 cm³/mol. The maximum Gasteiger partial charge on any atom is 0.162 e. The van der Waals surface area contributed by atoms with Gasteiger partial charge in [0.05, 0.1) is 0 Å². The van der Waals surface area contributed by atoms with E-state index in [4.69, 9.17) is 9.47 Å². The number of fused-ring (bicyclic) bond motifs is 2. The fraction of sp³-hybridized carbons (Fsp3) is 0.125. The zero-order valence-electron chi connectivity index (χ0n) is 10.1. The van der Waals surface area contributed by atoms with Crippen molar-refractivity contribution in [1.82, 2.24) is 0 Å². The molecule has 1 aliphatic rings. The van der Waals surface area contributed by atoms with Gasteiger partial charge in [0.2, 0.25) is 0 Å². The minimum absolute atomic E-state index is 0.577. The van der Waals surface area contributed by atoms with Gasteiger partial charge in [0.25, 0.3) is 0 Å². The standard InChI is InChI=1S/C16H14O2/c1-2-12-7-8-15-16(9-12)18-11-14-6-4-3-5-13(14)10-17-15/h2-9H,1,10-11H2. The molecular weight excluding hydrogens is 224 g/mol. The average molecular weight is 238 g/mol. The summed E-state index contributed by atoms with van der Waals surface area (Å²) in [4.78, 5) is 0. The molecule has 0 bridgehead atoms. The summed E-state index contributed by atoms with van der Waals surface area (Å²) in [5, 5.41) is 0. The van der Waals surface area contributed by atoms with Gasteiger partial charge in [-0.1, -0.05) is 43.0 Å². The number of hydrogen-bond acceptors (Lipinski definition) is 2. The molecule has 0 fully saturated rings. The van der Waals surface area contributed by atoms with Crippen molar-refractivity contribution >= 4 is 6.08 Å². The van der Waals surface area contributed by atoms with Crippen molar-refractivity contribution in [3.63, 3.8) is 0 Å². The Balaban J connectivity index is 1.96. The van der Waals surface area contributed by atoms with E-state index in [9.17, 15) is 0 Å². The molecule has 0 amide bonds. The summed E-state index contributed by atoms with van der Waals surface area (Å²) < 4.78 is 11.6. The van der Waals surface area contributed by atoms with E-state index in [2.05, 4.69) is 18.7 Å². The average Bonchev–Trinajstić information content (AvgIpc) is 2.41. The fourth-order valence-electron chi connectivity index (χ4n) is 2.03. The lowest BCUT2D eigenvalue weighted by molar-refractivity contribution is 0.237. The summed E-state index contributed by atoms with van der Waals surface area (Å²) in [5.74, 6) is 1.57. The first-order valence-corrected chi connectivity index (χ1v) is 5.96. The first kappa shape index (κ1) is 10.9. The monoisotopic (exact) mass is 238 g/mol. The Morgan fingerprint density at radius 2 is 1.56 bits per heavy atom. The van der Waals surface area contributed by atoms with E-state index in [1.165, 1.54) is 11.1 Å². The SMILES string of the molecule is C=Cc1ccc2c(c1)OCc1ccccc1CO2. The van der Waals surface area contributed by atoms with Gasteiger partial charge in [0.15, 0.2) is 11.5 Å². The molecule has 0 spiro atoms. The van der Waals surface area contributed by atoms with Crippen LogP contribution in [0.15, 0.2) is 49.0 Å². The molecule has 0 N–H and O–H groups in total. The van der Waals surface area contributed by atoms with Gasteiger partial charge < -0.3 is 9.47 Å². The summed E-state index contributed by atoms with van der Waals surface area (Å²) in [6.07, 6.45) is 1.80. The molecule has 90 valence electrons. The van der Waals surface area contributed by atoms with Gasteiger partial charge >= 0.3 is 0 Å². The normalized spacial score (nSPS) is 13.1. The zero-order chi connectivity index (χ0) is 12.4. The van der Waals surface area contributed by atoms with E-state index in [-0.39, 0.29) is 0 Å². The highest BCUT2D eigenvalue weighted by Crippen LogP contribution is 2.32. The van der Waals surface area contributed by atoms with E-state index < -0.39 is 0 Å². The third-order valence-electron chi connectivity index (χ3n) is 3.09. The Bertz CT molecular complexity index is 587. The molecule has 2 aromatic carbocycles. The molecule has 0 saturated carbocycles. The van der Waals surface area contributed by atoms with E-state index >= 15 is 0 Å². The van der Waals surface area contributed by atoms with E-state index in [0.29, 0.717) is 13.2 Å². The molecule has 0 aromatic heterocycles. The summed E-state index contributed by atoms with van der Waals surface area (Å²) >= 11 is 0. The summed E-state index contributed by atoms with van der Waals surface area (Å²) in [7, 11) is 0. The minimum Gasteiger partial charge on any atom is -0.485 e. The van der Waals surface area contributed by atoms with Gasteiger partial charge in [-0.2, -0.15) is 0 Å². The molecule has 0 saturated heterocycles. The van der Waals surface area contributed by atoms with Crippen molar-refractivity contribution in [1.29, 1.82) is 0 Å². The molecule has 0 radical (unpaired) electrons. The van der Waals surface area contributed by atoms with E-state index in [1.807, 2.05) is 30.3 Å². The predicted octanol–water partition coefficient (Wildman–Crippen LogP) is 3.80. The van der Waals surface area contributed by atoms with E-state index in [0.717, 1.165) is 17.1 Å². The van der Waals surface area contributed by atoms with Crippen molar-refractivity contribution in [2.24, 2.45) is 0 Å². The Kier molecular flexibility index (Phi) is 2.77. The summed E-state index contributed by atoms with van der Waals surface area (Å²) in [5.41, 5.74) is 3.38. The highest BCUT2D eigenvalue weighted by atomic mass is 16.5. The highest BCUT2D eigenvalue weighted by Gasteiger charge is 2.12. The van der Waals surface area contributed by atoms with Crippen LogP contribution in [0.3, 0.4) is 0 Å². The summed E-state index contributed by atoms with van der Waals surface area (Å²) in [6, 6.07) is 14.0. The Hall–Kier alpha value is -2.22. The quantitative estimate of drug-likeness (QED) is 0.752. The lowest BCUT2D eigenvalue weighted by Crippen LogP contribution is -2.08. The summed E-state index contributed by atoms with van der Waals surface area (Å²) in [6.45, 7) is 4.92. The molecule has 18 heavy (non-hydrogen) atoms. The van der Waals surface area contributed by atoms with Crippen LogP contribution in [0.25, 0.3) is 6.08 Å². The van der Waals surface area contributed by atoms with Crippen LogP contribution in [-0.2, 0) is 13.2 Å². The Morgan fingerprint density at radius 3 is 2.22 bits per heavy atom. The Labute approximate surface area is 106 Å². The maximum absolute atomic E-state index is 5.82. The van der Waals surface area contributed by atoms with E-state index in [1.54, 1.807) is 6.08 Å². The first-order valence-electron chi connectivity index (χ1n) is 5.96. The van der Waals surface area contributed by atoms with Crippen molar-refractivity contribution in [3.05, 3.63) is 65.7 Å². The lowest BCUT2D eigenvalue weighted by Gasteiger charge is -2.19. The fourth-order valence-corrected chi connectivity index (χ4v) is 2.03. The number of rotatable bonds is 1. The molecule has 0 aliphatic carbocycles. The smallest absolute Gasteiger partial charge is 0.162 e. The molecule has 2 heteroatoms. The number of ether oxygens (including phenoxy) is 2. The van der Waals surface area contributed by atoms with Crippen LogP contribution in [0, 0.1) is 0 Å². The second-order valence-electron chi connectivity index (χ2n) is 4.26. The van der Waals surface area contributed by atoms with Crippen LogP contribution in [0.4, 0.5) is 0 Å². The van der Waals surface area contributed by atoms with Crippen LogP contribution in [0.2, 0.25) is 0 Å². The van der Waals surface area contributed by atoms with Crippen molar-refractivity contribution in [2.45, 2.75) is 13.2 Å². The maximum atomic E-state index is 5.82. The van der Waals surface area contributed by atoms with Crippen molar-refractivity contribution in [2.75, 3.05) is 0 Å². The number of benzene rings is 2. The van der Waals surface area contributed by atoms with Crippen LogP contribution in [0.5, 0.6) is 11.5 Å². The van der Waals surface area contributed by atoms with Crippen molar-refractivity contribution in [3.8, 4) is 11.5 Å². The minimum atomic E-state index is 0.577. The van der Waals surface area contributed by atoms with Gasteiger partial charge in [-0.15, -0.1) is 0 Å². The van der Waals surface area contributed by atoms with Gasteiger partial charge in [0.1, 0.15) is 13.2 Å². The second-order valence-corrected chi connectivity index (χ2v) is 4.26. The van der Waals surface area contributed by atoms with Crippen molar-refractivity contribution < 1.29 is 9.47 Å². The molecule has 0 atom stereocenters. The molecule has 1 heterocycles. The van der Waals surface area contributed by atoms with Gasteiger partial charge in [-0.25, -0.2) is 0 Å². The molecule has 3 rings (SSSR count). The van der Waals surface area contributed by atoms with Crippen LogP contribution in [0.1, 0.15) is 16.7 Å². The second kappa shape index (κ2) is 4.57. The Morgan fingerprint density at radius 1 is 0.889 bits per heavy atom. The largest absolute Gasteiger partial charge is 0.485 e. The molecule has 0 unspecified atom stereocenters. The molecular formula is C16H14O2. The lowest BCUT2D eigenvalue weighted by atomic mass is 10.1. The van der Waals surface area contributed by atoms with Gasteiger partial charge in [-0.05, 0) is 28.8 Å². The topological polar surface area (TPSA) is 18.5 Å². The molecule has 2 nitrogen and oxygen atoms in total. The van der Waals surface area contributed by atoms with Gasteiger partial charge in [-0.3, -0.25) is 0 Å². The van der Waals surface area contributed by atoms with Gasteiger partial charge in [0, 0.05) is 0 Å². The third-order valence-corrected chi connectivity index (χ3v) is 3.09. The van der Waals surface area contributed by atoms with Crippen LogP contribution in [-0.4, -0.2) is 0 Å². The first-order chi connectivity index (χ1) is 8.86. The third kappa shape index (κ3) is 1.97. The van der Waals surface area contributed by atoms with Crippen LogP contribution < -0.4 is 9.47 Å². The molecule has 2 aromatic rings. The zero-order valence-corrected chi connectivity index (χ0v) is 10.1. The highest BCUT2D eigenvalue weighted by molar-refractivity contribution is 5.54.